The number of nitrogens with one attached hydrogen (secondary N) is 5. The quantitative estimate of drug-likeness (QED) is 0.0541. The molecule has 0 aromatic carbocycles. The monoisotopic (exact) mass is 719 g/mol. The normalized spacial score (nSPS) is 19.9. The molecule has 10 atom stereocenters. The number of carbonyl (C=O) groups excluding carboxylic acids is 6. The molecule has 0 unspecified atom stereocenters. The third-order valence-electron chi connectivity index (χ3n) is 8.66. The maximum absolute atomic E-state index is 13.8. The summed E-state index contributed by atoms with van der Waals surface area (Å²) >= 11 is 4.12. The number of carboxylic acids is 1. The van der Waals surface area contributed by atoms with Crippen LogP contribution < -0.4 is 32.3 Å². The van der Waals surface area contributed by atoms with E-state index >= 15 is 0 Å². The Labute approximate surface area is 291 Å². The van der Waals surface area contributed by atoms with Gasteiger partial charge in [-0.1, -0.05) is 40.5 Å². The molecule has 1 aliphatic rings. The number of hydrogen-bond acceptors (Lipinski definition) is 12. The van der Waals surface area contributed by atoms with E-state index in [1.54, 1.807) is 27.7 Å². The van der Waals surface area contributed by atoms with Gasteiger partial charge in [-0.15, -0.1) is 0 Å². The fourth-order valence-corrected chi connectivity index (χ4v) is 5.22. The Kier molecular flexibility index (Phi) is 18.5. The first-order valence-corrected chi connectivity index (χ1v) is 16.9. The fourth-order valence-electron chi connectivity index (χ4n) is 4.96. The first kappa shape index (κ1) is 43.5. The van der Waals surface area contributed by atoms with Gasteiger partial charge in [0.05, 0.1) is 19.3 Å². The first-order chi connectivity index (χ1) is 23.0. The minimum atomic E-state index is -1.62. The van der Waals surface area contributed by atoms with Crippen LogP contribution in [0.1, 0.15) is 60.3 Å². The predicted molar refractivity (Wildman–Crippen MR) is 179 cm³/mol. The van der Waals surface area contributed by atoms with Gasteiger partial charge in [0, 0.05) is 12.3 Å². The molecule has 0 radical (unpaired) electrons. The van der Waals surface area contributed by atoms with Gasteiger partial charge in [-0.2, -0.15) is 12.6 Å². The van der Waals surface area contributed by atoms with Crippen molar-refractivity contribution in [2.24, 2.45) is 17.6 Å². The molecule has 0 aliphatic carbocycles. The van der Waals surface area contributed by atoms with E-state index in [0.29, 0.717) is 19.3 Å². The van der Waals surface area contributed by atoms with Gasteiger partial charge in [0.25, 0.3) is 0 Å². The smallest absolute Gasteiger partial charge is 0.328 e. The summed E-state index contributed by atoms with van der Waals surface area (Å²) in [4.78, 5) is 91.3. The molecule has 1 saturated heterocycles. The molecule has 6 amide bonds. The van der Waals surface area contributed by atoms with Crippen LogP contribution in [0.4, 0.5) is 0 Å². The number of thiol groups is 1. The van der Waals surface area contributed by atoms with Crippen LogP contribution in [0.3, 0.4) is 0 Å². The van der Waals surface area contributed by atoms with Crippen LogP contribution in [0.2, 0.25) is 0 Å². The molecule has 0 spiro atoms. The average Bonchev–Trinajstić information content (AvgIpc) is 3.57. The molecular formula is C30H53N7O11S. The van der Waals surface area contributed by atoms with Gasteiger partial charge in [-0.25, -0.2) is 4.79 Å². The third kappa shape index (κ3) is 12.4. The molecule has 18 nitrogen and oxygen atoms in total. The molecule has 11 N–H and O–H groups in total. The van der Waals surface area contributed by atoms with Gasteiger partial charge in [0.15, 0.2) is 0 Å². The zero-order chi connectivity index (χ0) is 37.6. The Morgan fingerprint density at radius 2 is 1.29 bits per heavy atom. The maximum Gasteiger partial charge on any atom is 0.328 e. The molecular weight excluding hydrogens is 666 g/mol. The Bertz CT molecular complexity index is 1180. The summed E-state index contributed by atoms with van der Waals surface area (Å²) in [5.41, 5.74) is 5.66. The second kappa shape index (κ2) is 20.9. The Morgan fingerprint density at radius 1 is 0.776 bits per heavy atom. The molecule has 1 fully saturated rings. The zero-order valence-corrected chi connectivity index (χ0v) is 29.4. The van der Waals surface area contributed by atoms with Crippen LogP contribution in [0.15, 0.2) is 0 Å². The Morgan fingerprint density at radius 3 is 1.78 bits per heavy atom. The number of nitrogens with zero attached hydrogens (tertiary/aromatic N) is 1. The molecule has 280 valence electrons. The largest absolute Gasteiger partial charge is 0.480 e. The van der Waals surface area contributed by atoms with Crippen LogP contribution in [0.25, 0.3) is 0 Å². The highest BCUT2D eigenvalue weighted by atomic mass is 32.1. The minimum Gasteiger partial charge on any atom is -0.480 e. The van der Waals surface area contributed by atoms with Crippen LogP contribution in [0, 0.1) is 11.8 Å². The molecule has 1 aliphatic heterocycles. The van der Waals surface area contributed by atoms with E-state index in [0.717, 1.165) is 0 Å². The van der Waals surface area contributed by atoms with Gasteiger partial charge in [0.2, 0.25) is 35.4 Å². The topological polar surface area (TPSA) is 290 Å². The lowest BCUT2D eigenvalue weighted by atomic mass is 9.96. The van der Waals surface area contributed by atoms with Crippen molar-refractivity contribution in [2.45, 2.75) is 109 Å². The Hall–Kier alpha value is -3.52. The average molecular weight is 720 g/mol. The summed E-state index contributed by atoms with van der Waals surface area (Å²) in [6, 6.07) is -9.11. The summed E-state index contributed by atoms with van der Waals surface area (Å²) in [6.45, 7) is 6.58. The highest BCUT2D eigenvalue weighted by Gasteiger charge is 2.41. The van der Waals surface area contributed by atoms with Gasteiger partial charge in [-0.3, -0.25) is 28.8 Å². The second-order valence-electron chi connectivity index (χ2n) is 12.3. The molecule has 0 aromatic rings. The van der Waals surface area contributed by atoms with E-state index in [1.807, 2.05) is 0 Å². The van der Waals surface area contributed by atoms with Crippen molar-refractivity contribution in [3.63, 3.8) is 0 Å². The molecule has 1 rings (SSSR count). The lowest BCUT2D eigenvalue weighted by Gasteiger charge is -2.33. The molecule has 0 bridgehead atoms. The zero-order valence-electron chi connectivity index (χ0n) is 28.5. The number of aliphatic hydroxyl groups is 3. The summed E-state index contributed by atoms with van der Waals surface area (Å²) < 4.78 is 0. The van der Waals surface area contributed by atoms with Crippen molar-refractivity contribution in [3.05, 3.63) is 0 Å². The second-order valence-corrected chi connectivity index (χ2v) is 12.6. The van der Waals surface area contributed by atoms with Crippen molar-refractivity contribution in [1.82, 2.24) is 31.5 Å². The maximum atomic E-state index is 13.8. The van der Waals surface area contributed by atoms with Gasteiger partial charge < -0.3 is 57.6 Å². The standard InChI is InChI=1S/C30H53N7O11S/c1-6-14(3)22(28(45)33-18(12-39)30(47)48)35-24(41)17(11-38)32-26(43)20-9-8-10-37(20)29(46)23(15(4)7-2)36-25(42)19(13-49)34-27(44)21(31)16(5)40/h14-23,38-40,49H,6-13,31H2,1-5H3,(H,32,43)(H,33,45)(H,34,44)(H,35,41)(H,36,42)(H,47,48)/t14-,15-,16+,17-,18-,19-,20-,21-,22-,23-/m0/s1. The van der Waals surface area contributed by atoms with Crippen molar-refractivity contribution in [2.75, 3.05) is 25.5 Å². The lowest BCUT2D eigenvalue weighted by Crippen LogP contribution is -2.61. The van der Waals surface area contributed by atoms with Crippen LogP contribution in [-0.2, 0) is 33.6 Å². The number of aliphatic carboxylic acids is 1. The van der Waals surface area contributed by atoms with Crippen LogP contribution in [-0.4, -0.2) is 141 Å². The number of nitrogens with two attached hydrogens (primary N) is 1. The van der Waals surface area contributed by atoms with E-state index in [-0.39, 0.29) is 18.7 Å². The van der Waals surface area contributed by atoms with E-state index in [2.05, 4.69) is 39.2 Å². The van der Waals surface area contributed by atoms with Gasteiger partial charge in [0.1, 0.15) is 42.3 Å². The third-order valence-corrected chi connectivity index (χ3v) is 9.02. The van der Waals surface area contributed by atoms with E-state index in [1.165, 1.54) is 11.8 Å². The van der Waals surface area contributed by atoms with Crippen molar-refractivity contribution >= 4 is 54.0 Å². The summed E-state index contributed by atoms with van der Waals surface area (Å²) in [6.07, 6.45) is 0.279. The number of amides is 6. The number of carboxylic acid groups (broad SMARTS) is 1. The van der Waals surface area contributed by atoms with Gasteiger partial charge in [-0.05, 0) is 31.6 Å². The fraction of sp³-hybridized carbons (Fsp3) is 0.767. The number of likely N-dealkylation sites (tertiary alicyclic amines) is 1. The molecule has 1 heterocycles. The van der Waals surface area contributed by atoms with Gasteiger partial charge >= 0.3 is 5.97 Å². The highest BCUT2D eigenvalue weighted by molar-refractivity contribution is 7.80. The Balaban J connectivity index is 3.12. The van der Waals surface area contributed by atoms with E-state index < -0.39 is 115 Å². The van der Waals surface area contributed by atoms with E-state index in [9.17, 15) is 54.0 Å². The number of aliphatic hydroxyl groups excluding tert-OH is 3. The SMILES string of the molecule is CC[C@H](C)[C@H](NC(=O)[C@H](CO)NC(=O)[C@@H]1CCCN1C(=O)[C@@H](NC(=O)[C@H](CS)NC(=O)[C@@H](N)[C@@H](C)O)[C@@H](C)CC)C(=O)N[C@@H](CO)C(=O)O. The molecule has 0 saturated carbocycles. The highest BCUT2D eigenvalue weighted by Crippen LogP contribution is 2.22. The number of rotatable bonds is 20. The predicted octanol–water partition coefficient (Wildman–Crippen LogP) is -3.80. The first-order valence-electron chi connectivity index (χ1n) is 16.3. The molecule has 49 heavy (non-hydrogen) atoms. The minimum absolute atomic E-state index is 0.147. The van der Waals surface area contributed by atoms with Crippen LogP contribution in [0.5, 0.6) is 0 Å². The summed E-state index contributed by atoms with van der Waals surface area (Å²) in [5, 5.41) is 50.1. The van der Waals surface area contributed by atoms with Crippen molar-refractivity contribution < 1.29 is 54.0 Å². The molecule has 19 heteroatoms. The number of carbonyl (C=O) groups is 7. The summed E-state index contributed by atoms with van der Waals surface area (Å²) in [5.74, 6) is -7.25. The van der Waals surface area contributed by atoms with Crippen molar-refractivity contribution in [3.8, 4) is 0 Å². The summed E-state index contributed by atoms with van der Waals surface area (Å²) in [7, 11) is 0. The number of hydrogen-bond donors (Lipinski definition) is 11. The van der Waals surface area contributed by atoms with E-state index in [4.69, 9.17) is 5.73 Å². The van der Waals surface area contributed by atoms with Crippen molar-refractivity contribution in [1.29, 1.82) is 0 Å². The lowest BCUT2D eigenvalue weighted by molar-refractivity contribution is -0.144. The molecule has 0 aromatic heterocycles. The van der Waals surface area contributed by atoms with Crippen LogP contribution >= 0.6 is 12.6 Å².